The number of anilines is 1. The average molecular weight is 437 g/mol. The van der Waals surface area contributed by atoms with E-state index in [1.807, 2.05) is 0 Å². The van der Waals surface area contributed by atoms with Gasteiger partial charge in [0.15, 0.2) is 11.4 Å². The number of rotatable bonds is 6. The number of hydrogen-bond acceptors (Lipinski definition) is 9. The number of alkyl halides is 1. The van der Waals surface area contributed by atoms with Gasteiger partial charge in [-0.1, -0.05) is 11.8 Å². The Bertz CT molecular complexity index is 948. The van der Waals surface area contributed by atoms with Gasteiger partial charge in [-0.15, -0.1) is 0 Å². The van der Waals surface area contributed by atoms with Crippen LogP contribution in [-0.4, -0.2) is 52.5 Å². The number of aliphatic hydroxyl groups is 1. The van der Waals surface area contributed by atoms with Crippen molar-refractivity contribution in [3.05, 3.63) is 47.7 Å². The monoisotopic (exact) mass is 437 g/mol. The number of fused-ring (bicyclic) bond motifs is 1. The Morgan fingerprint density at radius 1 is 1.43 bits per heavy atom. The fraction of sp³-hybridized carbons (Fsp3) is 0.421. The normalized spacial score (nSPS) is 26.6. The molecule has 4 N–H and O–H groups in total. The fourth-order valence-electron chi connectivity index (χ4n) is 3.77. The van der Waals surface area contributed by atoms with Gasteiger partial charge in [-0.3, -0.25) is 0 Å². The molecule has 0 saturated carbocycles. The van der Waals surface area contributed by atoms with Crippen LogP contribution < -0.4 is 15.8 Å². The standard InChI is InChI=1S/C19H21F2N5O3S/c1-28-16-7-23-14(6-24-16)17(27)25-10-2-3-13(21)11(4-10)19-9-29-15(5-20)12(19)8-30-18(22)26-19/h2-4,6-7,12,15,17,25,27H,5,8-9H2,1H3,(H2,22,26). The molecule has 1 fully saturated rings. The van der Waals surface area contributed by atoms with Crippen molar-refractivity contribution >= 4 is 22.6 Å². The highest BCUT2D eigenvalue weighted by Crippen LogP contribution is 2.48. The molecule has 8 nitrogen and oxygen atoms in total. The molecule has 4 rings (SSSR count). The molecule has 2 aliphatic heterocycles. The first-order chi connectivity index (χ1) is 14.5. The molecule has 0 spiro atoms. The Morgan fingerprint density at radius 2 is 2.27 bits per heavy atom. The van der Waals surface area contributed by atoms with Gasteiger partial charge in [0.2, 0.25) is 5.88 Å². The number of aliphatic imine (C=N–C) groups is 1. The zero-order valence-electron chi connectivity index (χ0n) is 16.1. The second-order valence-electron chi connectivity index (χ2n) is 7.02. The topological polar surface area (TPSA) is 115 Å². The van der Waals surface area contributed by atoms with Crippen molar-refractivity contribution in [1.29, 1.82) is 0 Å². The summed E-state index contributed by atoms with van der Waals surface area (Å²) in [5.41, 5.74) is 5.75. The van der Waals surface area contributed by atoms with Crippen LogP contribution >= 0.6 is 11.8 Å². The lowest BCUT2D eigenvalue weighted by Gasteiger charge is -2.35. The number of aromatic nitrogens is 2. The summed E-state index contributed by atoms with van der Waals surface area (Å²) in [5.74, 6) is -0.0716. The molecule has 30 heavy (non-hydrogen) atoms. The second-order valence-corrected chi connectivity index (χ2v) is 8.06. The maximum Gasteiger partial charge on any atom is 0.231 e. The summed E-state index contributed by atoms with van der Waals surface area (Å²) in [6.45, 7) is -0.656. The molecule has 160 valence electrons. The maximum atomic E-state index is 14.9. The third-order valence-electron chi connectivity index (χ3n) is 5.33. The first kappa shape index (κ1) is 20.8. The molecule has 11 heteroatoms. The van der Waals surface area contributed by atoms with Crippen molar-refractivity contribution in [2.75, 3.05) is 31.5 Å². The highest BCUT2D eigenvalue weighted by molar-refractivity contribution is 8.13. The number of benzene rings is 1. The number of halogens is 2. The minimum atomic E-state index is -1.19. The molecular weight excluding hydrogens is 416 g/mol. The zero-order valence-corrected chi connectivity index (χ0v) is 16.9. The summed E-state index contributed by atoms with van der Waals surface area (Å²) in [6.07, 6.45) is 0.883. The molecule has 4 atom stereocenters. The van der Waals surface area contributed by atoms with Crippen molar-refractivity contribution in [2.45, 2.75) is 17.9 Å². The maximum absolute atomic E-state index is 14.9. The van der Waals surface area contributed by atoms with E-state index in [4.69, 9.17) is 15.2 Å². The summed E-state index contributed by atoms with van der Waals surface area (Å²) in [4.78, 5) is 12.6. The van der Waals surface area contributed by atoms with Gasteiger partial charge in [-0.25, -0.2) is 23.7 Å². The SMILES string of the molecule is COc1cnc(C(O)Nc2ccc(F)c(C34COC(CF)C3CSC(N)=N4)c2)cn1. The van der Waals surface area contributed by atoms with Crippen LogP contribution in [0.25, 0.3) is 0 Å². The average Bonchev–Trinajstić information content (AvgIpc) is 3.13. The molecule has 1 aromatic carbocycles. The molecular formula is C19H21F2N5O3S. The molecule has 4 unspecified atom stereocenters. The quantitative estimate of drug-likeness (QED) is 0.588. The number of ether oxygens (including phenoxy) is 2. The Kier molecular flexibility index (Phi) is 5.76. The van der Waals surface area contributed by atoms with Gasteiger partial charge in [0, 0.05) is 22.9 Å². The van der Waals surface area contributed by atoms with Crippen molar-refractivity contribution < 1.29 is 23.4 Å². The second kappa shape index (κ2) is 8.32. The summed E-state index contributed by atoms with van der Waals surface area (Å²) in [7, 11) is 1.46. The first-order valence-corrected chi connectivity index (χ1v) is 10.2. The highest BCUT2D eigenvalue weighted by atomic mass is 32.2. The summed E-state index contributed by atoms with van der Waals surface area (Å²) in [6, 6.07) is 4.29. The van der Waals surface area contributed by atoms with E-state index >= 15 is 0 Å². The lowest BCUT2D eigenvalue weighted by molar-refractivity contribution is 0.0721. The van der Waals surface area contributed by atoms with Crippen LogP contribution in [0.15, 0.2) is 35.6 Å². The minimum absolute atomic E-state index is 0.0282. The van der Waals surface area contributed by atoms with Crippen LogP contribution in [0.1, 0.15) is 17.5 Å². The van der Waals surface area contributed by atoms with E-state index in [9.17, 15) is 13.9 Å². The lowest BCUT2D eigenvalue weighted by atomic mass is 9.79. The third kappa shape index (κ3) is 3.68. The number of thioether (sulfide) groups is 1. The van der Waals surface area contributed by atoms with Crippen LogP contribution in [0.2, 0.25) is 0 Å². The number of hydrogen-bond donors (Lipinski definition) is 3. The summed E-state index contributed by atoms with van der Waals surface area (Å²) < 4.78 is 38.9. The number of methoxy groups -OCH3 is 1. The van der Waals surface area contributed by atoms with Gasteiger partial charge < -0.3 is 25.6 Å². The van der Waals surface area contributed by atoms with Gasteiger partial charge in [-0.2, -0.15) is 0 Å². The molecule has 3 heterocycles. The predicted octanol–water partition coefficient (Wildman–Crippen LogP) is 1.97. The van der Waals surface area contributed by atoms with E-state index in [-0.39, 0.29) is 23.8 Å². The molecule has 1 aromatic heterocycles. The Labute approximate surface area is 175 Å². The number of nitrogens with zero attached hydrogens (tertiary/aromatic N) is 3. The van der Waals surface area contributed by atoms with Crippen LogP contribution in [-0.2, 0) is 10.3 Å². The van der Waals surface area contributed by atoms with Crippen molar-refractivity contribution in [1.82, 2.24) is 9.97 Å². The lowest BCUT2D eigenvalue weighted by Crippen LogP contribution is -2.42. The Balaban J connectivity index is 1.65. The molecule has 0 aliphatic carbocycles. The van der Waals surface area contributed by atoms with E-state index in [1.54, 1.807) is 6.07 Å². The van der Waals surface area contributed by atoms with E-state index in [0.717, 1.165) is 0 Å². The van der Waals surface area contributed by atoms with Crippen LogP contribution in [0.3, 0.4) is 0 Å². The minimum Gasteiger partial charge on any atom is -0.480 e. The van der Waals surface area contributed by atoms with E-state index in [2.05, 4.69) is 20.3 Å². The van der Waals surface area contributed by atoms with Gasteiger partial charge >= 0.3 is 0 Å². The number of aliphatic hydroxyl groups excluding tert-OH is 1. The van der Waals surface area contributed by atoms with Crippen molar-refractivity contribution in [3.63, 3.8) is 0 Å². The smallest absolute Gasteiger partial charge is 0.231 e. The summed E-state index contributed by atoms with van der Waals surface area (Å²) in [5, 5.41) is 13.6. The van der Waals surface area contributed by atoms with Crippen molar-refractivity contribution in [3.8, 4) is 5.88 Å². The largest absolute Gasteiger partial charge is 0.480 e. The fourth-order valence-corrected chi connectivity index (χ4v) is 4.84. The molecule has 0 amide bonds. The van der Waals surface area contributed by atoms with Crippen LogP contribution in [0.4, 0.5) is 14.5 Å². The summed E-state index contributed by atoms with van der Waals surface area (Å²) >= 11 is 1.31. The van der Waals surface area contributed by atoms with E-state index in [1.165, 1.54) is 43.4 Å². The number of nitrogens with two attached hydrogens (primary N) is 1. The van der Waals surface area contributed by atoms with E-state index < -0.39 is 30.4 Å². The zero-order chi connectivity index (χ0) is 21.3. The predicted molar refractivity (Wildman–Crippen MR) is 109 cm³/mol. The van der Waals surface area contributed by atoms with Gasteiger partial charge in [-0.05, 0) is 18.2 Å². The van der Waals surface area contributed by atoms with E-state index in [0.29, 0.717) is 22.5 Å². The molecule has 0 radical (unpaired) electrons. The van der Waals surface area contributed by atoms with Gasteiger partial charge in [0.05, 0.1) is 32.2 Å². The Morgan fingerprint density at radius 3 is 2.97 bits per heavy atom. The van der Waals surface area contributed by atoms with Crippen LogP contribution in [0, 0.1) is 11.7 Å². The molecule has 0 bridgehead atoms. The molecule has 1 saturated heterocycles. The number of amidine groups is 1. The third-order valence-corrected chi connectivity index (χ3v) is 6.24. The first-order valence-electron chi connectivity index (χ1n) is 9.23. The van der Waals surface area contributed by atoms with Crippen LogP contribution in [0.5, 0.6) is 5.88 Å². The number of nitrogens with one attached hydrogen (secondary N) is 1. The highest BCUT2D eigenvalue weighted by Gasteiger charge is 2.54. The van der Waals surface area contributed by atoms with Crippen molar-refractivity contribution in [2.24, 2.45) is 16.6 Å². The molecule has 2 aliphatic rings. The van der Waals surface area contributed by atoms with Gasteiger partial charge in [0.25, 0.3) is 0 Å². The van der Waals surface area contributed by atoms with Gasteiger partial charge in [0.1, 0.15) is 23.7 Å². The molecule has 2 aromatic rings. The Hall–Kier alpha value is -2.50.